The Morgan fingerprint density at radius 1 is 0.771 bits per heavy atom. The number of rotatable bonds is 19. The van der Waals surface area contributed by atoms with Gasteiger partial charge in [-0.1, -0.05) is 121 Å². The van der Waals surface area contributed by atoms with Gasteiger partial charge in [-0.25, -0.2) is 4.99 Å². The quantitative estimate of drug-likeness (QED) is 0.105. The number of aliphatic imine (C=N–C) groups is 2. The van der Waals surface area contributed by atoms with Gasteiger partial charge in [0.15, 0.2) is 5.96 Å². The molecular formula is C28H52ClN5O. The largest absolute Gasteiger partial charge is 0.372 e. The lowest BCUT2D eigenvalue weighted by molar-refractivity contribution is 0.205. The molecule has 5 N–H and O–H groups in total. The fourth-order valence-corrected chi connectivity index (χ4v) is 4.21. The molecule has 0 saturated heterocycles. The minimum atomic E-state index is -0.880. The molecule has 0 aliphatic heterocycles. The number of nitrogens with zero attached hydrogens (tertiary/aromatic N) is 3. The molecule has 202 valence electrons. The molecule has 0 aliphatic carbocycles. The molecule has 0 aliphatic rings. The number of benzene rings is 1. The first-order valence-corrected chi connectivity index (χ1v) is 13.7. The molecule has 0 heterocycles. The maximum Gasteiger partial charge on any atom is 0.230 e. The molecule has 1 rings (SSSR count). The summed E-state index contributed by atoms with van der Waals surface area (Å²) in [5.41, 5.74) is 12.2. The van der Waals surface area contributed by atoms with Crippen LogP contribution in [0.5, 0.6) is 0 Å². The van der Waals surface area contributed by atoms with Gasteiger partial charge in [0.1, 0.15) is 6.23 Å². The van der Waals surface area contributed by atoms with Gasteiger partial charge >= 0.3 is 0 Å². The van der Waals surface area contributed by atoms with Crippen molar-refractivity contribution in [3.05, 3.63) is 30.3 Å². The van der Waals surface area contributed by atoms with Crippen LogP contribution in [0.25, 0.3) is 0 Å². The average Bonchev–Trinajstić information content (AvgIpc) is 2.81. The van der Waals surface area contributed by atoms with Crippen LogP contribution in [0.15, 0.2) is 40.3 Å². The molecule has 1 aromatic carbocycles. The van der Waals surface area contributed by atoms with Gasteiger partial charge in [-0.3, -0.25) is 0 Å². The zero-order chi connectivity index (χ0) is 24.9. The number of anilines is 1. The predicted molar refractivity (Wildman–Crippen MR) is 156 cm³/mol. The third kappa shape index (κ3) is 18.2. The Bertz CT molecular complexity index is 663. The SMILES string of the molecule is CCCCCCCCCCCCCCCCCCN(C(N=C(N)N)=NC(C)O)c1ccccc1.Cl. The molecule has 0 saturated carbocycles. The highest BCUT2D eigenvalue weighted by Crippen LogP contribution is 2.18. The molecular weight excluding hydrogens is 458 g/mol. The summed E-state index contributed by atoms with van der Waals surface area (Å²) in [6, 6.07) is 9.94. The van der Waals surface area contributed by atoms with Crippen LogP contribution in [0.1, 0.15) is 117 Å². The first kappa shape index (κ1) is 33.2. The normalized spacial score (nSPS) is 12.1. The summed E-state index contributed by atoms with van der Waals surface area (Å²) in [6.45, 7) is 4.63. The van der Waals surface area contributed by atoms with Crippen molar-refractivity contribution in [1.29, 1.82) is 0 Å². The second-order valence-corrected chi connectivity index (χ2v) is 9.39. The molecule has 0 spiro atoms. The first-order valence-electron chi connectivity index (χ1n) is 13.7. The van der Waals surface area contributed by atoms with E-state index in [1.807, 2.05) is 35.2 Å². The van der Waals surface area contributed by atoms with E-state index in [4.69, 9.17) is 11.5 Å². The van der Waals surface area contributed by atoms with Gasteiger partial charge in [0, 0.05) is 12.2 Å². The second-order valence-electron chi connectivity index (χ2n) is 9.39. The van der Waals surface area contributed by atoms with Crippen LogP contribution in [-0.2, 0) is 0 Å². The number of nitrogens with two attached hydrogens (primary N) is 2. The van der Waals surface area contributed by atoms with E-state index in [0.29, 0.717) is 5.96 Å². The molecule has 0 radical (unpaired) electrons. The molecule has 35 heavy (non-hydrogen) atoms. The summed E-state index contributed by atoms with van der Waals surface area (Å²) in [5, 5.41) is 9.78. The molecule has 0 fully saturated rings. The summed E-state index contributed by atoms with van der Waals surface area (Å²) >= 11 is 0. The molecule has 1 aromatic rings. The van der Waals surface area contributed by atoms with E-state index in [1.165, 1.54) is 89.9 Å². The number of hydrogen-bond acceptors (Lipinski definition) is 2. The molecule has 0 bridgehead atoms. The standard InChI is InChI=1S/C28H51N5O.ClH/c1-3-4-5-6-7-8-9-10-11-12-13-14-15-16-17-21-24-33(26-22-19-18-20-23-26)28(31-25(2)34)32-27(29)30;/h18-20,22-23,25,34H,3-17,21,24H2,1-2H3,(H4,29,30,31,32);1H. The molecule has 1 atom stereocenters. The zero-order valence-electron chi connectivity index (χ0n) is 22.3. The molecule has 6 nitrogen and oxygen atoms in total. The molecule has 0 amide bonds. The van der Waals surface area contributed by atoms with E-state index < -0.39 is 6.23 Å². The number of guanidine groups is 2. The van der Waals surface area contributed by atoms with Gasteiger partial charge in [0.25, 0.3) is 0 Å². The summed E-state index contributed by atoms with van der Waals surface area (Å²) in [7, 11) is 0. The predicted octanol–water partition coefficient (Wildman–Crippen LogP) is 7.14. The maximum atomic E-state index is 9.78. The van der Waals surface area contributed by atoms with Crippen LogP contribution < -0.4 is 16.4 Å². The monoisotopic (exact) mass is 509 g/mol. The van der Waals surface area contributed by atoms with Crippen molar-refractivity contribution < 1.29 is 5.11 Å². The number of aliphatic hydroxyl groups excluding tert-OH is 1. The third-order valence-electron chi connectivity index (χ3n) is 6.08. The lowest BCUT2D eigenvalue weighted by Crippen LogP contribution is -2.35. The Balaban J connectivity index is 0.0000116. The molecule has 7 heteroatoms. The third-order valence-corrected chi connectivity index (χ3v) is 6.08. The van der Waals surface area contributed by atoms with E-state index in [1.54, 1.807) is 6.92 Å². The highest BCUT2D eigenvalue weighted by atomic mass is 35.5. The Kier molecular flexibility index (Phi) is 21.5. The topological polar surface area (TPSA) is 100 Å². The van der Waals surface area contributed by atoms with Crippen molar-refractivity contribution in [2.24, 2.45) is 21.5 Å². The van der Waals surface area contributed by atoms with Gasteiger partial charge in [-0.15, -0.1) is 12.4 Å². The van der Waals surface area contributed by atoms with Crippen molar-refractivity contribution in [2.45, 2.75) is 123 Å². The fraction of sp³-hybridized carbons (Fsp3) is 0.714. The van der Waals surface area contributed by atoms with Crippen LogP contribution in [0.4, 0.5) is 5.69 Å². The number of halogens is 1. The Hall–Kier alpha value is -1.79. The maximum absolute atomic E-state index is 9.78. The van der Waals surface area contributed by atoms with Gasteiger partial charge in [0.2, 0.25) is 5.96 Å². The van der Waals surface area contributed by atoms with Gasteiger partial charge in [-0.2, -0.15) is 4.99 Å². The minimum absolute atomic E-state index is 0. The van der Waals surface area contributed by atoms with E-state index in [2.05, 4.69) is 16.9 Å². The van der Waals surface area contributed by atoms with Gasteiger partial charge in [-0.05, 0) is 25.5 Å². The highest BCUT2D eigenvalue weighted by molar-refractivity contribution is 6.03. The van der Waals surface area contributed by atoms with E-state index in [-0.39, 0.29) is 18.4 Å². The molecule has 1 unspecified atom stereocenters. The lowest BCUT2D eigenvalue weighted by atomic mass is 10.0. The van der Waals surface area contributed by atoms with Crippen LogP contribution in [0.2, 0.25) is 0 Å². The Labute approximate surface area is 221 Å². The number of para-hydroxylation sites is 1. The summed E-state index contributed by atoms with van der Waals surface area (Å²) in [6.07, 6.45) is 20.6. The fourth-order valence-electron chi connectivity index (χ4n) is 4.21. The van der Waals surface area contributed by atoms with Crippen molar-refractivity contribution in [3.63, 3.8) is 0 Å². The van der Waals surface area contributed by atoms with Crippen LogP contribution in [0, 0.1) is 0 Å². The van der Waals surface area contributed by atoms with E-state index in [9.17, 15) is 5.11 Å². The van der Waals surface area contributed by atoms with Crippen LogP contribution in [-0.4, -0.2) is 29.8 Å². The molecule has 0 aromatic heterocycles. The first-order chi connectivity index (χ1) is 16.5. The highest BCUT2D eigenvalue weighted by Gasteiger charge is 2.14. The average molecular weight is 510 g/mol. The van der Waals surface area contributed by atoms with Crippen molar-refractivity contribution >= 4 is 30.0 Å². The van der Waals surface area contributed by atoms with Crippen LogP contribution >= 0.6 is 12.4 Å². The zero-order valence-corrected chi connectivity index (χ0v) is 23.2. The van der Waals surface area contributed by atoms with Gasteiger partial charge in [0.05, 0.1) is 0 Å². The minimum Gasteiger partial charge on any atom is -0.372 e. The summed E-state index contributed by atoms with van der Waals surface area (Å²) in [4.78, 5) is 10.4. The number of aliphatic hydroxyl groups is 1. The Morgan fingerprint density at radius 2 is 1.20 bits per heavy atom. The Morgan fingerprint density at radius 3 is 1.60 bits per heavy atom. The van der Waals surface area contributed by atoms with E-state index in [0.717, 1.165) is 25.1 Å². The summed E-state index contributed by atoms with van der Waals surface area (Å²) < 4.78 is 0. The van der Waals surface area contributed by atoms with Gasteiger partial charge < -0.3 is 21.5 Å². The number of unbranched alkanes of at least 4 members (excludes halogenated alkanes) is 15. The smallest absolute Gasteiger partial charge is 0.230 e. The van der Waals surface area contributed by atoms with Crippen molar-refractivity contribution in [2.75, 3.05) is 11.4 Å². The number of hydrogen-bond donors (Lipinski definition) is 3. The van der Waals surface area contributed by atoms with E-state index >= 15 is 0 Å². The second kappa shape index (κ2) is 22.7. The van der Waals surface area contributed by atoms with Crippen molar-refractivity contribution in [3.8, 4) is 0 Å². The van der Waals surface area contributed by atoms with Crippen LogP contribution in [0.3, 0.4) is 0 Å². The van der Waals surface area contributed by atoms with Crippen molar-refractivity contribution in [1.82, 2.24) is 0 Å². The lowest BCUT2D eigenvalue weighted by Gasteiger charge is -2.24. The summed E-state index contributed by atoms with van der Waals surface area (Å²) in [5.74, 6) is 0.287.